The van der Waals surface area contributed by atoms with E-state index >= 15 is 0 Å². The first kappa shape index (κ1) is 10.5. The summed E-state index contributed by atoms with van der Waals surface area (Å²) in [7, 11) is 1.57. The van der Waals surface area contributed by atoms with Gasteiger partial charge in [-0.05, 0) is 18.2 Å². The topological polar surface area (TPSA) is 89.7 Å². The molecule has 0 aliphatic carbocycles. The van der Waals surface area contributed by atoms with Gasteiger partial charge in [0.15, 0.2) is 11.5 Å². The van der Waals surface area contributed by atoms with Crippen molar-refractivity contribution < 1.29 is 4.74 Å². The minimum atomic E-state index is 0.523. The number of nitrogens with one attached hydrogen (secondary N) is 1. The summed E-state index contributed by atoms with van der Waals surface area (Å²) < 4.78 is 5.06. The molecule has 0 spiro atoms. The third kappa shape index (κ3) is 1.64. The van der Waals surface area contributed by atoms with Gasteiger partial charge in [0.2, 0.25) is 5.88 Å². The summed E-state index contributed by atoms with van der Waals surface area (Å²) >= 11 is 0. The van der Waals surface area contributed by atoms with Gasteiger partial charge in [-0.3, -0.25) is 4.98 Å². The van der Waals surface area contributed by atoms with Crippen molar-refractivity contribution in [3.8, 4) is 17.4 Å². The van der Waals surface area contributed by atoms with Gasteiger partial charge in [0.05, 0.1) is 18.3 Å². The number of aromatic nitrogens is 4. The van der Waals surface area contributed by atoms with E-state index in [4.69, 9.17) is 10.5 Å². The van der Waals surface area contributed by atoms with Gasteiger partial charge in [0.1, 0.15) is 5.69 Å². The number of fused-ring (bicyclic) bond motifs is 1. The van der Waals surface area contributed by atoms with Crippen LogP contribution >= 0.6 is 0 Å². The van der Waals surface area contributed by atoms with E-state index in [-0.39, 0.29) is 0 Å². The van der Waals surface area contributed by atoms with Crippen LogP contribution in [-0.2, 0) is 0 Å². The van der Waals surface area contributed by atoms with Crippen LogP contribution < -0.4 is 10.5 Å². The number of nitrogens with zero attached hydrogens (tertiary/aromatic N) is 3. The quantitative estimate of drug-likeness (QED) is 0.711. The minimum absolute atomic E-state index is 0.523. The number of hydrogen-bond donors (Lipinski definition) is 2. The van der Waals surface area contributed by atoms with Gasteiger partial charge in [0.25, 0.3) is 0 Å². The predicted octanol–water partition coefficient (Wildman–Crippen LogP) is 1.61. The number of hydrogen-bond acceptors (Lipinski definition) is 5. The SMILES string of the molecule is COc1ccc2[nH]c(-c3ncccc3N)nc2n1. The van der Waals surface area contributed by atoms with Crippen LogP contribution in [0.5, 0.6) is 5.88 Å². The molecule has 3 rings (SSSR count). The highest BCUT2D eigenvalue weighted by Gasteiger charge is 2.10. The van der Waals surface area contributed by atoms with Crippen molar-refractivity contribution in [3.63, 3.8) is 0 Å². The Hall–Kier alpha value is -2.63. The Morgan fingerprint density at radius 1 is 1.22 bits per heavy atom. The first-order chi connectivity index (χ1) is 8.78. The fraction of sp³-hybridized carbons (Fsp3) is 0.0833. The highest BCUT2D eigenvalue weighted by molar-refractivity contribution is 5.78. The van der Waals surface area contributed by atoms with Gasteiger partial charge in [-0.25, -0.2) is 4.98 Å². The zero-order valence-corrected chi connectivity index (χ0v) is 9.71. The molecule has 0 aliphatic heterocycles. The number of rotatable bonds is 2. The Labute approximate surface area is 103 Å². The Kier molecular flexibility index (Phi) is 2.33. The normalized spacial score (nSPS) is 10.7. The van der Waals surface area contributed by atoms with Crippen LogP contribution in [0.3, 0.4) is 0 Å². The molecule has 3 aromatic heterocycles. The van der Waals surface area contributed by atoms with E-state index < -0.39 is 0 Å². The highest BCUT2D eigenvalue weighted by atomic mass is 16.5. The highest BCUT2D eigenvalue weighted by Crippen LogP contribution is 2.23. The molecule has 90 valence electrons. The van der Waals surface area contributed by atoms with E-state index in [1.54, 1.807) is 31.5 Å². The standard InChI is InChI=1S/C12H11N5O/c1-18-9-5-4-8-11(16-9)17-12(15-8)10-7(13)3-2-6-14-10/h2-6H,13H2,1H3,(H,15,16,17). The summed E-state index contributed by atoms with van der Waals surface area (Å²) in [5.74, 6) is 1.12. The van der Waals surface area contributed by atoms with Crippen LogP contribution in [0.2, 0.25) is 0 Å². The van der Waals surface area contributed by atoms with Crippen molar-refractivity contribution in [2.45, 2.75) is 0 Å². The van der Waals surface area contributed by atoms with Crippen LogP contribution in [-0.4, -0.2) is 27.0 Å². The molecule has 0 bridgehead atoms. The molecule has 0 amide bonds. The van der Waals surface area contributed by atoms with Crippen molar-refractivity contribution in [1.82, 2.24) is 19.9 Å². The average Bonchev–Trinajstić information content (AvgIpc) is 2.81. The number of anilines is 1. The molecule has 0 unspecified atom stereocenters. The lowest BCUT2D eigenvalue weighted by Gasteiger charge is -1.98. The molecular weight excluding hydrogens is 230 g/mol. The molecule has 0 fully saturated rings. The molecule has 6 nitrogen and oxygen atoms in total. The van der Waals surface area contributed by atoms with Gasteiger partial charge >= 0.3 is 0 Å². The molecule has 0 aromatic carbocycles. The van der Waals surface area contributed by atoms with E-state index in [1.165, 1.54) is 0 Å². The number of aromatic amines is 1. The lowest BCUT2D eigenvalue weighted by atomic mass is 10.3. The third-order valence-corrected chi connectivity index (χ3v) is 2.59. The van der Waals surface area contributed by atoms with Crippen molar-refractivity contribution in [2.24, 2.45) is 0 Å². The minimum Gasteiger partial charge on any atom is -0.481 e. The molecule has 0 atom stereocenters. The number of nitrogen functional groups attached to an aromatic ring is 1. The number of imidazole rings is 1. The van der Waals surface area contributed by atoms with Gasteiger partial charge in [-0.15, -0.1) is 0 Å². The number of methoxy groups -OCH3 is 1. The Balaban J connectivity index is 2.17. The number of ether oxygens (including phenoxy) is 1. The summed E-state index contributed by atoms with van der Waals surface area (Å²) in [6.45, 7) is 0. The fourth-order valence-electron chi connectivity index (χ4n) is 1.72. The molecule has 0 radical (unpaired) electrons. The lowest BCUT2D eigenvalue weighted by molar-refractivity contribution is 0.399. The van der Waals surface area contributed by atoms with Crippen molar-refractivity contribution in [3.05, 3.63) is 30.5 Å². The van der Waals surface area contributed by atoms with Gasteiger partial charge in [0, 0.05) is 12.3 Å². The molecule has 6 heteroatoms. The summed E-state index contributed by atoms with van der Waals surface area (Å²) in [6, 6.07) is 7.19. The predicted molar refractivity (Wildman–Crippen MR) is 68.1 cm³/mol. The van der Waals surface area contributed by atoms with Gasteiger partial charge < -0.3 is 15.5 Å². The molecule has 0 saturated heterocycles. The maximum Gasteiger partial charge on any atom is 0.215 e. The van der Waals surface area contributed by atoms with Crippen LogP contribution in [0.4, 0.5) is 5.69 Å². The summed E-state index contributed by atoms with van der Waals surface area (Å²) in [4.78, 5) is 15.9. The van der Waals surface area contributed by atoms with Gasteiger partial charge in [-0.1, -0.05) is 0 Å². The van der Waals surface area contributed by atoms with Crippen LogP contribution in [0.15, 0.2) is 30.5 Å². The monoisotopic (exact) mass is 241 g/mol. The summed E-state index contributed by atoms with van der Waals surface area (Å²) in [5.41, 5.74) is 8.45. The number of H-pyrrole nitrogens is 1. The lowest BCUT2D eigenvalue weighted by Crippen LogP contribution is -1.93. The fourth-order valence-corrected chi connectivity index (χ4v) is 1.72. The zero-order chi connectivity index (χ0) is 12.5. The second kappa shape index (κ2) is 3.99. The molecule has 3 heterocycles. The molecular formula is C12H11N5O. The summed E-state index contributed by atoms with van der Waals surface area (Å²) in [6.07, 6.45) is 1.67. The average molecular weight is 241 g/mol. The second-order valence-electron chi connectivity index (χ2n) is 3.75. The van der Waals surface area contributed by atoms with Crippen LogP contribution in [0, 0.1) is 0 Å². The Morgan fingerprint density at radius 3 is 2.89 bits per heavy atom. The smallest absolute Gasteiger partial charge is 0.215 e. The molecule has 18 heavy (non-hydrogen) atoms. The maximum absolute atomic E-state index is 5.86. The van der Waals surface area contributed by atoms with E-state index in [9.17, 15) is 0 Å². The largest absolute Gasteiger partial charge is 0.481 e. The van der Waals surface area contributed by atoms with E-state index in [0.29, 0.717) is 28.7 Å². The number of nitrogens with two attached hydrogens (primary N) is 1. The molecule has 0 aliphatic rings. The van der Waals surface area contributed by atoms with Crippen molar-refractivity contribution in [1.29, 1.82) is 0 Å². The Bertz CT molecular complexity index is 707. The maximum atomic E-state index is 5.86. The van der Waals surface area contributed by atoms with Crippen molar-refractivity contribution >= 4 is 16.9 Å². The molecule has 3 N–H and O–H groups in total. The van der Waals surface area contributed by atoms with Gasteiger partial charge in [-0.2, -0.15) is 4.98 Å². The van der Waals surface area contributed by atoms with E-state index in [2.05, 4.69) is 19.9 Å². The first-order valence-electron chi connectivity index (χ1n) is 5.39. The van der Waals surface area contributed by atoms with Crippen molar-refractivity contribution in [2.75, 3.05) is 12.8 Å². The zero-order valence-electron chi connectivity index (χ0n) is 9.71. The van der Waals surface area contributed by atoms with E-state index in [0.717, 1.165) is 5.52 Å². The second-order valence-corrected chi connectivity index (χ2v) is 3.75. The first-order valence-corrected chi connectivity index (χ1v) is 5.39. The summed E-state index contributed by atoms with van der Waals surface area (Å²) in [5, 5.41) is 0. The van der Waals surface area contributed by atoms with Crippen LogP contribution in [0.25, 0.3) is 22.7 Å². The van der Waals surface area contributed by atoms with Crippen LogP contribution in [0.1, 0.15) is 0 Å². The molecule has 0 saturated carbocycles. The third-order valence-electron chi connectivity index (χ3n) is 2.59. The Morgan fingerprint density at radius 2 is 2.11 bits per heavy atom. The molecule has 3 aromatic rings. The van der Waals surface area contributed by atoms with E-state index in [1.807, 2.05) is 6.07 Å². The number of pyridine rings is 2.